The molecule has 0 N–H and O–H groups in total. The highest BCUT2D eigenvalue weighted by atomic mass is 32.2. The average Bonchev–Trinajstić information content (AvgIpc) is 2.53. The van der Waals surface area contributed by atoms with Crippen molar-refractivity contribution in [1.82, 2.24) is 14.2 Å². The smallest absolute Gasteiger partial charge is 0.243 e. The summed E-state index contributed by atoms with van der Waals surface area (Å²) in [6, 6.07) is 6.74. The molecular formula is C18H25N3O3S. The zero-order chi connectivity index (χ0) is 18.8. The van der Waals surface area contributed by atoms with Gasteiger partial charge in [-0.05, 0) is 39.8 Å². The second kappa shape index (κ2) is 7.49. The van der Waals surface area contributed by atoms with Gasteiger partial charge in [-0.15, -0.1) is 0 Å². The summed E-state index contributed by atoms with van der Waals surface area (Å²) in [6.07, 6.45) is 3.19. The van der Waals surface area contributed by atoms with Crippen LogP contribution in [0.15, 0.2) is 41.6 Å². The van der Waals surface area contributed by atoms with Crippen molar-refractivity contribution in [1.29, 1.82) is 0 Å². The molecule has 0 aliphatic carbocycles. The van der Waals surface area contributed by atoms with E-state index in [4.69, 9.17) is 0 Å². The fourth-order valence-corrected chi connectivity index (χ4v) is 4.35. The SMILES string of the molecule is CC(C)N(C(=O)CN(C)S(=O)(=O)c1cccc2cnccc12)C(C)C. The first-order valence-corrected chi connectivity index (χ1v) is 9.70. The van der Waals surface area contributed by atoms with Crippen molar-refractivity contribution < 1.29 is 13.2 Å². The summed E-state index contributed by atoms with van der Waals surface area (Å²) >= 11 is 0. The number of carbonyl (C=O) groups excluding carboxylic acids is 1. The molecular weight excluding hydrogens is 338 g/mol. The van der Waals surface area contributed by atoms with Crippen molar-refractivity contribution in [2.45, 2.75) is 44.7 Å². The third-order valence-corrected chi connectivity index (χ3v) is 5.95. The first-order valence-electron chi connectivity index (χ1n) is 8.26. The van der Waals surface area contributed by atoms with Gasteiger partial charge in [-0.2, -0.15) is 4.31 Å². The van der Waals surface area contributed by atoms with Gasteiger partial charge in [0.15, 0.2) is 0 Å². The molecule has 136 valence electrons. The highest BCUT2D eigenvalue weighted by Crippen LogP contribution is 2.24. The highest BCUT2D eigenvalue weighted by Gasteiger charge is 2.28. The number of amides is 1. The maximum absolute atomic E-state index is 13.0. The number of sulfonamides is 1. The summed E-state index contributed by atoms with van der Waals surface area (Å²) in [5, 5.41) is 1.34. The van der Waals surface area contributed by atoms with Crippen LogP contribution in [0, 0.1) is 0 Å². The van der Waals surface area contributed by atoms with Crippen molar-refractivity contribution >= 4 is 26.7 Å². The van der Waals surface area contributed by atoms with Crippen LogP contribution < -0.4 is 0 Å². The third-order valence-electron chi connectivity index (χ3n) is 4.09. The van der Waals surface area contributed by atoms with Gasteiger partial charge in [-0.1, -0.05) is 12.1 Å². The maximum atomic E-state index is 13.0. The summed E-state index contributed by atoms with van der Waals surface area (Å²) in [5.41, 5.74) is 0. The number of carbonyl (C=O) groups is 1. The summed E-state index contributed by atoms with van der Waals surface area (Å²) in [5.74, 6) is -0.210. The topological polar surface area (TPSA) is 70.6 Å². The van der Waals surface area contributed by atoms with Gasteiger partial charge in [0.2, 0.25) is 15.9 Å². The Balaban J connectivity index is 2.34. The Morgan fingerprint density at radius 2 is 1.76 bits per heavy atom. The molecule has 1 amide bonds. The largest absolute Gasteiger partial charge is 0.337 e. The second-order valence-corrected chi connectivity index (χ2v) is 8.62. The number of pyridine rings is 1. The fraction of sp³-hybridized carbons (Fsp3) is 0.444. The number of likely N-dealkylation sites (N-methyl/N-ethyl adjacent to an activating group) is 1. The van der Waals surface area contributed by atoms with E-state index in [2.05, 4.69) is 4.98 Å². The Hall–Kier alpha value is -1.99. The molecule has 7 heteroatoms. The van der Waals surface area contributed by atoms with E-state index in [-0.39, 0.29) is 29.4 Å². The molecule has 0 aliphatic rings. The molecule has 1 aromatic heterocycles. The third kappa shape index (κ3) is 3.99. The zero-order valence-corrected chi connectivity index (χ0v) is 16.1. The summed E-state index contributed by atoms with van der Waals surface area (Å²) < 4.78 is 27.1. The van der Waals surface area contributed by atoms with Crippen LogP contribution in [0.25, 0.3) is 10.8 Å². The van der Waals surface area contributed by atoms with Gasteiger partial charge in [-0.3, -0.25) is 9.78 Å². The summed E-state index contributed by atoms with van der Waals surface area (Å²) in [4.78, 5) is 18.5. The molecule has 2 rings (SSSR count). The monoisotopic (exact) mass is 363 g/mol. The summed E-state index contributed by atoms with van der Waals surface area (Å²) in [7, 11) is -2.35. The van der Waals surface area contributed by atoms with Crippen molar-refractivity contribution in [2.24, 2.45) is 0 Å². The van der Waals surface area contributed by atoms with E-state index in [1.54, 1.807) is 35.5 Å². The van der Waals surface area contributed by atoms with Crippen LogP contribution in [-0.2, 0) is 14.8 Å². The molecule has 1 aromatic carbocycles. The van der Waals surface area contributed by atoms with E-state index in [0.717, 1.165) is 9.69 Å². The lowest BCUT2D eigenvalue weighted by Crippen LogP contribution is -2.47. The number of aromatic nitrogens is 1. The first kappa shape index (κ1) is 19.3. The number of rotatable bonds is 6. The van der Waals surface area contributed by atoms with Gasteiger partial charge in [0.05, 0.1) is 11.4 Å². The standard InChI is InChI=1S/C18H25N3O3S/c1-13(2)21(14(3)4)18(22)12-20(5)25(23,24)17-8-6-7-15-11-19-10-9-16(15)17/h6-11,13-14H,12H2,1-5H3. The molecule has 0 aliphatic heterocycles. The van der Waals surface area contributed by atoms with Gasteiger partial charge in [0.1, 0.15) is 0 Å². The van der Waals surface area contributed by atoms with Crippen molar-refractivity contribution in [3.8, 4) is 0 Å². The second-order valence-electron chi connectivity index (χ2n) is 6.60. The molecule has 0 saturated carbocycles. The van der Waals surface area contributed by atoms with Gasteiger partial charge in [-0.25, -0.2) is 8.42 Å². The lowest BCUT2D eigenvalue weighted by molar-refractivity contribution is -0.134. The van der Waals surface area contributed by atoms with Crippen molar-refractivity contribution in [3.63, 3.8) is 0 Å². The number of fused-ring (bicyclic) bond motifs is 1. The lowest BCUT2D eigenvalue weighted by Gasteiger charge is -2.32. The molecule has 0 atom stereocenters. The van der Waals surface area contributed by atoms with Gasteiger partial charge in [0, 0.05) is 42.3 Å². The molecule has 2 aromatic rings. The molecule has 0 saturated heterocycles. The van der Waals surface area contributed by atoms with Crippen LogP contribution in [0.5, 0.6) is 0 Å². The Labute approximate surface area is 149 Å². The van der Waals surface area contributed by atoms with Crippen molar-refractivity contribution in [2.75, 3.05) is 13.6 Å². The fourth-order valence-electron chi connectivity index (χ4n) is 3.02. The minimum atomic E-state index is -3.79. The van der Waals surface area contributed by atoms with Crippen LogP contribution >= 0.6 is 0 Å². The Morgan fingerprint density at radius 1 is 1.12 bits per heavy atom. The Kier molecular flexibility index (Phi) is 5.80. The lowest BCUT2D eigenvalue weighted by atomic mass is 10.2. The number of hydrogen-bond acceptors (Lipinski definition) is 4. The van der Waals surface area contributed by atoms with E-state index in [0.29, 0.717) is 5.39 Å². The number of nitrogens with zero attached hydrogens (tertiary/aromatic N) is 3. The molecule has 0 fully saturated rings. The quantitative estimate of drug-likeness (QED) is 0.791. The number of hydrogen-bond donors (Lipinski definition) is 0. The molecule has 0 spiro atoms. The van der Waals surface area contributed by atoms with Crippen LogP contribution in [0.1, 0.15) is 27.7 Å². The van der Waals surface area contributed by atoms with Gasteiger partial charge in [0.25, 0.3) is 0 Å². The summed E-state index contributed by atoms with van der Waals surface area (Å²) in [6.45, 7) is 7.49. The zero-order valence-electron chi connectivity index (χ0n) is 15.3. The van der Waals surface area contributed by atoms with E-state index < -0.39 is 10.0 Å². The molecule has 1 heterocycles. The molecule has 0 unspecified atom stereocenters. The molecule has 6 nitrogen and oxygen atoms in total. The first-order chi connectivity index (χ1) is 11.7. The van der Waals surface area contributed by atoms with Crippen molar-refractivity contribution in [3.05, 3.63) is 36.7 Å². The molecule has 25 heavy (non-hydrogen) atoms. The Morgan fingerprint density at radius 3 is 2.36 bits per heavy atom. The predicted molar refractivity (Wildman–Crippen MR) is 98.7 cm³/mol. The number of benzene rings is 1. The van der Waals surface area contributed by atoms with Gasteiger partial charge < -0.3 is 4.90 Å². The van der Waals surface area contributed by atoms with Crippen LogP contribution in [0.3, 0.4) is 0 Å². The van der Waals surface area contributed by atoms with Crippen LogP contribution in [-0.4, -0.2) is 54.2 Å². The maximum Gasteiger partial charge on any atom is 0.243 e. The minimum Gasteiger partial charge on any atom is -0.337 e. The highest BCUT2D eigenvalue weighted by molar-refractivity contribution is 7.89. The Bertz CT molecular complexity index is 850. The predicted octanol–water partition coefficient (Wildman–Crippen LogP) is 2.50. The van der Waals surface area contributed by atoms with E-state index >= 15 is 0 Å². The minimum absolute atomic E-state index is 0.00670. The van der Waals surface area contributed by atoms with Gasteiger partial charge >= 0.3 is 0 Å². The molecule has 0 radical (unpaired) electrons. The van der Waals surface area contributed by atoms with E-state index in [1.165, 1.54) is 7.05 Å². The average molecular weight is 363 g/mol. The normalized spacial score (nSPS) is 12.3. The molecule has 0 bridgehead atoms. The van der Waals surface area contributed by atoms with Crippen LogP contribution in [0.4, 0.5) is 0 Å². The van der Waals surface area contributed by atoms with Crippen LogP contribution in [0.2, 0.25) is 0 Å². The van der Waals surface area contributed by atoms with E-state index in [9.17, 15) is 13.2 Å². The van der Waals surface area contributed by atoms with E-state index in [1.807, 2.05) is 33.8 Å².